The molecule has 0 N–H and O–H groups in total. The molecule has 0 saturated carbocycles. The van der Waals surface area contributed by atoms with Gasteiger partial charge >= 0.3 is 0 Å². The van der Waals surface area contributed by atoms with Gasteiger partial charge in [0.2, 0.25) is 0 Å². The second-order valence-electron chi connectivity index (χ2n) is 5.73. The van der Waals surface area contributed by atoms with Crippen molar-refractivity contribution in [3.8, 4) is 22.6 Å². The van der Waals surface area contributed by atoms with Crippen LogP contribution in [0, 0.1) is 0 Å². The molecule has 2 heteroatoms. The molecule has 0 radical (unpaired) electrons. The van der Waals surface area contributed by atoms with Gasteiger partial charge in [0, 0.05) is 10.8 Å². The predicted octanol–water partition coefficient (Wildman–Crippen LogP) is 5.68. The predicted molar refractivity (Wildman–Crippen MR) is 100.0 cm³/mol. The number of rotatable bonds is 3. The normalized spacial score (nSPS) is 10.9. The molecular weight excluding hydrogens is 296 g/mol. The number of fused-ring (bicyclic) bond motifs is 2. The van der Waals surface area contributed by atoms with Crippen LogP contribution in [-0.4, -0.2) is 14.2 Å². The quantitative estimate of drug-likeness (QED) is 0.484. The van der Waals surface area contributed by atoms with E-state index >= 15 is 0 Å². The minimum absolute atomic E-state index is 0.884. The lowest BCUT2D eigenvalue weighted by Crippen LogP contribution is -1.91. The van der Waals surface area contributed by atoms with Crippen molar-refractivity contribution in [1.82, 2.24) is 0 Å². The van der Waals surface area contributed by atoms with Gasteiger partial charge in [0.05, 0.1) is 14.2 Å². The topological polar surface area (TPSA) is 18.5 Å². The number of ether oxygens (including phenoxy) is 2. The van der Waals surface area contributed by atoms with Crippen molar-refractivity contribution in [1.29, 1.82) is 0 Å². The van der Waals surface area contributed by atoms with Crippen LogP contribution >= 0.6 is 0 Å². The summed E-state index contributed by atoms with van der Waals surface area (Å²) in [4.78, 5) is 0. The van der Waals surface area contributed by atoms with Gasteiger partial charge in [0.15, 0.2) is 0 Å². The Morgan fingerprint density at radius 1 is 0.500 bits per heavy atom. The molecule has 0 heterocycles. The molecule has 0 fully saturated rings. The first kappa shape index (κ1) is 14.6. The van der Waals surface area contributed by atoms with Gasteiger partial charge in [0.25, 0.3) is 0 Å². The highest BCUT2D eigenvalue weighted by Crippen LogP contribution is 2.40. The Bertz CT molecular complexity index is 939. The standard InChI is InChI=1S/C22H18O2/c1-23-19-13-5-9-15-7-3-11-17(21(15)19)18-12-4-8-16-10-6-14-20(24-2)22(16)18/h3-14H,1-2H3. The van der Waals surface area contributed by atoms with Crippen LogP contribution in [0.15, 0.2) is 72.8 Å². The maximum absolute atomic E-state index is 5.63. The molecule has 0 spiro atoms. The minimum atomic E-state index is 0.884. The molecule has 0 bridgehead atoms. The lowest BCUT2D eigenvalue weighted by Gasteiger charge is -2.15. The molecule has 0 amide bonds. The summed E-state index contributed by atoms with van der Waals surface area (Å²) in [5, 5.41) is 4.58. The van der Waals surface area contributed by atoms with Crippen molar-refractivity contribution in [2.24, 2.45) is 0 Å². The first-order valence-electron chi connectivity index (χ1n) is 7.95. The van der Waals surface area contributed by atoms with Crippen LogP contribution in [0.5, 0.6) is 11.5 Å². The first-order chi connectivity index (χ1) is 11.8. The van der Waals surface area contributed by atoms with E-state index in [0.717, 1.165) is 33.4 Å². The maximum atomic E-state index is 5.63. The summed E-state index contributed by atoms with van der Waals surface area (Å²) in [5.74, 6) is 1.77. The average Bonchev–Trinajstić information content (AvgIpc) is 2.66. The highest BCUT2D eigenvalue weighted by molar-refractivity contribution is 6.09. The summed E-state index contributed by atoms with van der Waals surface area (Å²) in [6.07, 6.45) is 0. The van der Waals surface area contributed by atoms with E-state index in [1.54, 1.807) is 14.2 Å². The van der Waals surface area contributed by atoms with Crippen LogP contribution in [0.3, 0.4) is 0 Å². The summed E-state index contributed by atoms with van der Waals surface area (Å²) in [6, 6.07) is 25.0. The lowest BCUT2D eigenvalue weighted by molar-refractivity contribution is 0.419. The van der Waals surface area contributed by atoms with Crippen molar-refractivity contribution < 1.29 is 9.47 Å². The molecule has 0 aliphatic heterocycles. The van der Waals surface area contributed by atoms with Gasteiger partial charge < -0.3 is 9.47 Å². The summed E-state index contributed by atoms with van der Waals surface area (Å²) in [5.41, 5.74) is 2.31. The monoisotopic (exact) mass is 314 g/mol. The summed E-state index contributed by atoms with van der Waals surface area (Å²) in [7, 11) is 3.43. The number of methoxy groups -OCH3 is 2. The third-order valence-corrected chi connectivity index (χ3v) is 4.46. The molecule has 118 valence electrons. The van der Waals surface area contributed by atoms with Gasteiger partial charge in [-0.15, -0.1) is 0 Å². The zero-order valence-corrected chi connectivity index (χ0v) is 13.7. The zero-order valence-electron chi connectivity index (χ0n) is 13.7. The Hall–Kier alpha value is -3.00. The molecule has 4 aromatic rings. The largest absolute Gasteiger partial charge is 0.496 e. The Kier molecular flexibility index (Phi) is 3.58. The smallest absolute Gasteiger partial charge is 0.127 e. The van der Waals surface area contributed by atoms with E-state index in [2.05, 4.69) is 48.5 Å². The van der Waals surface area contributed by atoms with Crippen LogP contribution in [0.2, 0.25) is 0 Å². The van der Waals surface area contributed by atoms with Crippen LogP contribution in [-0.2, 0) is 0 Å². The Labute approximate surface area is 141 Å². The SMILES string of the molecule is COc1cccc2cccc(-c3cccc4cccc(OC)c34)c12. The van der Waals surface area contributed by atoms with Gasteiger partial charge in [-0.25, -0.2) is 0 Å². The van der Waals surface area contributed by atoms with Crippen molar-refractivity contribution in [2.75, 3.05) is 14.2 Å². The van der Waals surface area contributed by atoms with Crippen molar-refractivity contribution in [2.45, 2.75) is 0 Å². The fourth-order valence-corrected chi connectivity index (χ4v) is 3.40. The van der Waals surface area contributed by atoms with E-state index < -0.39 is 0 Å². The van der Waals surface area contributed by atoms with Crippen molar-refractivity contribution in [3.05, 3.63) is 72.8 Å². The number of hydrogen-bond donors (Lipinski definition) is 0. The third-order valence-electron chi connectivity index (χ3n) is 4.46. The fourth-order valence-electron chi connectivity index (χ4n) is 3.40. The molecule has 0 unspecified atom stereocenters. The van der Waals surface area contributed by atoms with Crippen LogP contribution < -0.4 is 9.47 Å². The summed E-state index contributed by atoms with van der Waals surface area (Å²) in [6.45, 7) is 0. The van der Waals surface area contributed by atoms with E-state index in [9.17, 15) is 0 Å². The average molecular weight is 314 g/mol. The Balaban J connectivity index is 2.15. The van der Waals surface area contributed by atoms with Crippen molar-refractivity contribution in [3.63, 3.8) is 0 Å². The van der Waals surface area contributed by atoms with E-state index in [1.165, 1.54) is 10.8 Å². The Morgan fingerprint density at radius 2 is 0.875 bits per heavy atom. The van der Waals surface area contributed by atoms with Gasteiger partial charge in [0.1, 0.15) is 11.5 Å². The van der Waals surface area contributed by atoms with Crippen LogP contribution in [0.1, 0.15) is 0 Å². The second kappa shape index (κ2) is 5.89. The molecule has 0 atom stereocenters. The molecule has 0 aliphatic rings. The van der Waals surface area contributed by atoms with Crippen LogP contribution in [0.25, 0.3) is 32.7 Å². The van der Waals surface area contributed by atoms with E-state index in [1.807, 2.05) is 24.3 Å². The molecule has 2 nitrogen and oxygen atoms in total. The minimum Gasteiger partial charge on any atom is -0.496 e. The molecule has 4 aromatic carbocycles. The van der Waals surface area contributed by atoms with Gasteiger partial charge in [-0.1, -0.05) is 60.7 Å². The highest BCUT2D eigenvalue weighted by Gasteiger charge is 2.13. The second-order valence-corrected chi connectivity index (χ2v) is 5.73. The van der Waals surface area contributed by atoms with E-state index in [4.69, 9.17) is 9.47 Å². The molecule has 0 aliphatic carbocycles. The van der Waals surface area contributed by atoms with Crippen molar-refractivity contribution >= 4 is 21.5 Å². The lowest BCUT2D eigenvalue weighted by atomic mass is 9.93. The molecule has 0 aromatic heterocycles. The van der Waals surface area contributed by atoms with Gasteiger partial charge in [-0.3, -0.25) is 0 Å². The summed E-state index contributed by atoms with van der Waals surface area (Å²) < 4.78 is 11.3. The summed E-state index contributed by atoms with van der Waals surface area (Å²) >= 11 is 0. The zero-order chi connectivity index (χ0) is 16.5. The highest BCUT2D eigenvalue weighted by atomic mass is 16.5. The number of benzene rings is 4. The Morgan fingerprint density at radius 3 is 1.25 bits per heavy atom. The first-order valence-corrected chi connectivity index (χ1v) is 7.95. The fraction of sp³-hybridized carbons (Fsp3) is 0.0909. The van der Waals surface area contributed by atoms with E-state index in [-0.39, 0.29) is 0 Å². The third kappa shape index (κ3) is 2.19. The molecule has 24 heavy (non-hydrogen) atoms. The van der Waals surface area contributed by atoms with E-state index in [0.29, 0.717) is 0 Å². The molecule has 4 rings (SSSR count). The van der Waals surface area contributed by atoms with Crippen LogP contribution in [0.4, 0.5) is 0 Å². The van der Waals surface area contributed by atoms with Gasteiger partial charge in [-0.05, 0) is 34.0 Å². The van der Waals surface area contributed by atoms with Gasteiger partial charge in [-0.2, -0.15) is 0 Å². The maximum Gasteiger partial charge on any atom is 0.127 e. The number of hydrogen-bond acceptors (Lipinski definition) is 2. The molecule has 0 saturated heterocycles. The molecular formula is C22H18O2.